The number of carbonyl (C=O) groups excluding carboxylic acids is 1. The minimum Gasteiger partial charge on any atom is -0.326 e. The molecule has 5 nitrogen and oxygen atoms in total. The Bertz CT molecular complexity index is 1080. The number of nitrogens with zero attached hydrogens (tertiary/aromatic N) is 2. The van der Waals surface area contributed by atoms with Crippen LogP contribution in [-0.2, 0) is 17.5 Å². The number of amides is 1. The van der Waals surface area contributed by atoms with Gasteiger partial charge in [-0.3, -0.25) is 14.7 Å². The maximum absolute atomic E-state index is 13.3. The number of benzene rings is 2. The summed E-state index contributed by atoms with van der Waals surface area (Å²) in [6, 6.07) is 16.6. The van der Waals surface area contributed by atoms with Gasteiger partial charge >= 0.3 is 6.18 Å². The summed E-state index contributed by atoms with van der Waals surface area (Å²) in [5.41, 5.74) is 4.49. The highest BCUT2D eigenvalue weighted by atomic mass is 19.4. The van der Waals surface area contributed by atoms with Gasteiger partial charge in [-0.1, -0.05) is 104 Å². The Morgan fingerprint density at radius 1 is 0.841 bits per heavy atom. The van der Waals surface area contributed by atoms with Crippen LogP contribution in [0.4, 0.5) is 18.9 Å². The zero-order chi connectivity index (χ0) is 34.1. The number of piperazine rings is 1. The van der Waals surface area contributed by atoms with Crippen molar-refractivity contribution in [3.8, 4) is 11.1 Å². The maximum Gasteiger partial charge on any atom is 0.416 e. The van der Waals surface area contributed by atoms with Crippen LogP contribution in [0.5, 0.6) is 0 Å². The Hall–Kier alpha value is -3.23. The van der Waals surface area contributed by atoms with E-state index >= 15 is 0 Å². The molecule has 3 aromatic rings. The van der Waals surface area contributed by atoms with Crippen LogP contribution in [0.2, 0.25) is 0 Å². The number of nitrogens with one attached hydrogen (secondary N) is 2. The summed E-state index contributed by atoms with van der Waals surface area (Å²) in [5, 5.41) is 5.64. The molecule has 2 N–H and O–H groups in total. The molecule has 1 aliphatic rings. The number of pyridine rings is 1. The summed E-state index contributed by atoms with van der Waals surface area (Å²) in [5.74, 6) is -0.303. The number of aromatic nitrogens is 1. The monoisotopic (exact) mass is 618 g/mol. The molecule has 1 saturated heterocycles. The van der Waals surface area contributed by atoms with Crippen LogP contribution in [-0.4, -0.2) is 42.0 Å². The Balaban J connectivity index is 0. The Morgan fingerprint density at radius 3 is 1.86 bits per heavy atom. The molecule has 0 saturated carbocycles. The van der Waals surface area contributed by atoms with Crippen LogP contribution in [0.3, 0.4) is 0 Å². The number of hydrogen-bond donors (Lipinski definition) is 2. The quantitative estimate of drug-likeness (QED) is 0.299. The van der Waals surface area contributed by atoms with E-state index in [-0.39, 0.29) is 30.1 Å². The molecule has 248 valence electrons. The highest BCUT2D eigenvalue weighted by molar-refractivity contribution is 5.90. The molecular weight excluding hydrogens is 561 g/mol. The first-order chi connectivity index (χ1) is 21.2. The van der Waals surface area contributed by atoms with Gasteiger partial charge < -0.3 is 10.6 Å². The van der Waals surface area contributed by atoms with Crippen LogP contribution in [0.1, 0.15) is 91.1 Å². The van der Waals surface area contributed by atoms with Crippen molar-refractivity contribution in [2.75, 3.05) is 31.5 Å². The molecule has 1 amide bonds. The normalized spacial score (nSPS) is 12.0. The first-order valence-corrected chi connectivity index (χ1v) is 16.1. The number of anilines is 1. The zero-order valence-electron chi connectivity index (χ0n) is 29.0. The minimum absolute atomic E-state index is 0.184. The molecule has 4 rings (SSSR count). The van der Waals surface area contributed by atoms with Crippen LogP contribution in [0.15, 0.2) is 60.8 Å². The minimum atomic E-state index is -4.43. The van der Waals surface area contributed by atoms with Crippen molar-refractivity contribution in [2.45, 2.75) is 95.3 Å². The van der Waals surface area contributed by atoms with E-state index in [2.05, 4.69) is 52.9 Å². The van der Waals surface area contributed by atoms with Crippen molar-refractivity contribution >= 4 is 11.6 Å². The van der Waals surface area contributed by atoms with Crippen LogP contribution >= 0.6 is 0 Å². The molecular formula is C36H57F3N4O. The first-order valence-electron chi connectivity index (χ1n) is 16.1. The molecule has 44 heavy (non-hydrogen) atoms. The molecule has 1 aromatic heterocycles. The summed E-state index contributed by atoms with van der Waals surface area (Å²) in [6.45, 7) is 25.0. The Kier molecular flexibility index (Phi) is 24.5. The average Bonchev–Trinajstić information content (AvgIpc) is 3.06. The molecule has 1 fully saturated rings. The summed E-state index contributed by atoms with van der Waals surface area (Å²) >= 11 is 0. The van der Waals surface area contributed by atoms with Crippen LogP contribution in [0.25, 0.3) is 11.1 Å². The van der Waals surface area contributed by atoms with E-state index < -0.39 is 11.7 Å². The van der Waals surface area contributed by atoms with Gasteiger partial charge in [0, 0.05) is 62.3 Å². The van der Waals surface area contributed by atoms with E-state index in [1.807, 2.05) is 79.5 Å². The molecule has 1 aliphatic heterocycles. The fraction of sp³-hybridized carbons (Fsp3) is 0.500. The van der Waals surface area contributed by atoms with E-state index in [0.29, 0.717) is 0 Å². The smallest absolute Gasteiger partial charge is 0.326 e. The van der Waals surface area contributed by atoms with E-state index in [1.165, 1.54) is 28.8 Å². The summed E-state index contributed by atoms with van der Waals surface area (Å²) in [6.07, 6.45) is -2.29. The number of rotatable bonds is 5. The topological polar surface area (TPSA) is 57.3 Å². The Labute approximate surface area is 265 Å². The number of alkyl halides is 3. The number of halogens is 3. The lowest BCUT2D eigenvalue weighted by Crippen LogP contribution is -2.43. The van der Waals surface area contributed by atoms with Gasteiger partial charge in [0.05, 0.1) is 5.56 Å². The molecule has 0 atom stereocenters. The number of carbonyl (C=O) groups is 1. The highest BCUT2D eigenvalue weighted by Gasteiger charge is 2.34. The van der Waals surface area contributed by atoms with Crippen LogP contribution < -0.4 is 10.6 Å². The first kappa shape index (κ1) is 42.9. The maximum atomic E-state index is 13.3. The number of aryl methyl sites for hydroxylation is 2. The summed E-state index contributed by atoms with van der Waals surface area (Å²) in [7, 11) is 0. The summed E-state index contributed by atoms with van der Waals surface area (Å²) < 4.78 is 39.8. The molecule has 0 spiro atoms. The molecule has 0 radical (unpaired) electrons. The Morgan fingerprint density at radius 2 is 1.39 bits per heavy atom. The second-order valence-electron chi connectivity index (χ2n) is 8.85. The third-order valence-corrected chi connectivity index (χ3v) is 5.92. The van der Waals surface area contributed by atoms with Gasteiger partial charge in [-0.25, -0.2) is 0 Å². The van der Waals surface area contributed by atoms with Crippen molar-refractivity contribution in [3.05, 3.63) is 83.2 Å². The van der Waals surface area contributed by atoms with Gasteiger partial charge in [0.15, 0.2) is 0 Å². The fourth-order valence-electron chi connectivity index (χ4n) is 3.80. The zero-order valence-corrected chi connectivity index (χ0v) is 29.0. The predicted molar refractivity (Wildman–Crippen MR) is 183 cm³/mol. The lowest BCUT2D eigenvalue weighted by Gasteiger charge is -2.28. The lowest BCUT2D eigenvalue weighted by atomic mass is 10.0. The second-order valence-corrected chi connectivity index (χ2v) is 8.85. The molecule has 2 heterocycles. The van der Waals surface area contributed by atoms with E-state index in [9.17, 15) is 18.0 Å². The van der Waals surface area contributed by atoms with Crippen molar-refractivity contribution in [3.63, 3.8) is 0 Å². The SMILES string of the molecule is CC.CC.CC.CC.CCC(=O)Nc1ccc(CN2CCNCC2)c(C(F)(F)F)c1.Cc1ccc(-c2ccc(C)nc2)cc1. The van der Waals surface area contributed by atoms with Gasteiger partial charge in [-0.05, 0) is 43.2 Å². The van der Waals surface area contributed by atoms with Gasteiger partial charge in [0.25, 0.3) is 0 Å². The molecule has 2 aromatic carbocycles. The lowest BCUT2D eigenvalue weighted by molar-refractivity contribution is -0.138. The van der Waals surface area contributed by atoms with Crippen molar-refractivity contribution in [1.29, 1.82) is 0 Å². The molecule has 8 heteroatoms. The predicted octanol–water partition coefficient (Wildman–Crippen LogP) is 9.93. The van der Waals surface area contributed by atoms with E-state index in [0.717, 1.165) is 37.9 Å². The van der Waals surface area contributed by atoms with E-state index in [4.69, 9.17) is 0 Å². The molecule has 0 bridgehead atoms. The fourth-order valence-corrected chi connectivity index (χ4v) is 3.80. The van der Waals surface area contributed by atoms with Crippen molar-refractivity contribution in [1.82, 2.24) is 15.2 Å². The van der Waals surface area contributed by atoms with Crippen molar-refractivity contribution < 1.29 is 18.0 Å². The third kappa shape index (κ3) is 16.6. The average molecular weight is 619 g/mol. The van der Waals surface area contributed by atoms with Gasteiger partial charge in [-0.2, -0.15) is 13.2 Å². The van der Waals surface area contributed by atoms with Crippen LogP contribution in [0, 0.1) is 13.8 Å². The van der Waals surface area contributed by atoms with Gasteiger partial charge in [-0.15, -0.1) is 0 Å². The number of hydrogen-bond acceptors (Lipinski definition) is 4. The third-order valence-electron chi connectivity index (χ3n) is 5.92. The largest absolute Gasteiger partial charge is 0.416 e. The standard InChI is InChI=1S/C15H20F3N3O.C13H13N.4C2H6/c1-2-14(22)20-12-4-3-11(13(9-12)15(16,17)18)10-21-7-5-19-6-8-21;1-10-3-6-12(7-4-10)13-8-5-11(2)14-9-13;4*1-2/h3-4,9,19H,2,5-8,10H2,1H3,(H,20,22);3-9H,1-2H3;4*1-2H3. The van der Waals surface area contributed by atoms with E-state index in [1.54, 1.807) is 6.92 Å². The molecule has 0 aliphatic carbocycles. The van der Waals surface area contributed by atoms with Gasteiger partial charge in [0.1, 0.15) is 0 Å². The summed E-state index contributed by atoms with van der Waals surface area (Å²) in [4.78, 5) is 17.6. The molecule has 0 unspecified atom stereocenters. The van der Waals surface area contributed by atoms with Crippen molar-refractivity contribution in [2.24, 2.45) is 0 Å². The van der Waals surface area contributed by atoms with Gasteiger partial charge in [0.2, 0.25) is 5.91 Å². The highest BCUT2D eigenvalue weighted by Crippen LogP contribution is 2.34. The second kappa shape index (κ2) is 25.1.